The summed E-state index contributed by atoms with van der Waals surface area (Å²) in [5.74, 6) is 1.04. The van der Waals surface area contributed by atoms with E-state index in [0.29, 0.717) is 11.8 Å². The van der Waals surface area contributed by atoms with Gasteiger partial charge >= 0.3 is 0 Å². The fraction of sp³-hybridized carbons (Fsp3) is 0.286. The molecule has 5 heteroatoms. The smallest absolute Gasteiger partial charge is 0.0645 e. The summed E-state index contributed by atoms with van der Waals surface area (Å²) in [5, 5.41) is 4.51. The first-order valence-corrected chi connectivity index (χ1v) is 8.90. The number of benzene rings is 2. The van der Waals surface area contributed by atoms with Crippen LogP contribution in [0.15, 0.2) is 73.1 Å². The Hall–Kier alpha value is -2.14. The molecule has 3 aromatic rings. The van der Waals surface area contributed by atoms with Gasteiger partial charge in [0.1, 0.15) is 0 Å². The molecule has 0 unspecified atom stereocenters. The summed E-state index contributed by atoms with van der Waals surface area (Å²) in [4.78, 5) is 2.50. The molecule has 1 saturated heterocycles. The molecule has 4 nitrogen and oxygen atoms in total. The molecule has 0 spiro atoms. The topological polar surface area (TPSA) is 47.1 Å². The molecule has 2 aromatic carbocycles. The molecule has 1 aromatic heterocycles. The van der Waals surface area contributed by atoms with E-state index >= 15 is 0 Å². The number of hydrogen-bond donors (Lipinski definition) is 1. The summed E-state index contributed by atoms with van der Waals surface area (Å²) in [6.07, 6.45) is 4.10. The van der Waals surface area contributed by atoms with Crippen LogP contribution in [0.25, 0.3) is 5.69 Å². The Labute approximate surface area is 161 Å². The van der Waals surface area contributed by atoms with E-state index in [9.17, 15) is 0 Å². The van der Waals surface area contributed by atoms with Crippen LogP contribution in [0.5, 0.6) is 0 Å². The lowest BCUT2D eigenvalue weighted by atomic mass is 9.89. The minimum Gasteiger partial charge on any atom is -0.330 e. The lowest BCUT2D eigenvalue weighted by Gasteiger charge is -2.16. The second-order valence-corrected chi connectivity index (χ2v) is 6.84. The zero-order valence-electron chi connectivity index (χ0n) is 14.7. The number of para-hydroxylation sites is 1. The van der Waals surface area contributed by atoms with Gasteiger partial charge in [-0.05, 0) is 30.2 Å². The van der Waals surface area contributed by atoms with Crippen LogP contribution < -0.4 is 5.73 Å². The Morgan fingerprint density at radius 3 is 2.35 bits per heavy atom. The molecule has 1 aliphatic heterocycles. The van der Waals surface area contributed by atoms with E-state index in [2.05, 4.69) is 58.7 Å². The van der Waals surface area contributed by atoms with Crippen LogP contribution in [-0.2, 0) is 6.54 Å². The lowest BCUT2D eigenvalue weighted by Crippen LogP contribution is -2.23. The van der Waals surface area contributed by atoms with Gasteiger partial charge in [-0.25, -0.2) is 4.68 Å². The maximum absolute atomic E-state index is 6.05. The normalized spacial score (nSPS) is 20.0. The van der Waals surface area contributed by atoms with E-state index in [0.717, 1.165) is 31.9 Å². The van der Waals surface area contributed by atoms with Crippen molar-refractivity contribution >= 4 is 12.4 Å². The van der Waals surface area contributed by atoms with Crippen molar-refractivity contribution in [1.82, 2.24) is 14.7 Å². The Bertz CT molecular complexity index is 803. The highest BCUT2D eigenvalue weighted by Gasteiger charge is 2.32. The van der Waals surface area contributed by atoms with Gasteiger partial charge in [0.25, 0.3) is 0 Å². The van der Waals surface area contributed by atoms with Crippen LogP contribution in [0, 0.1) is 5.92 Å². The standard InChI is InChI=1S/C21H24N4.ClH/c22-11-19-15-24(16-21(19)18-7-3-1-4-8-18)13-17-12-23-25(14-17)20-9-5-2-6-10-20;/h1-10,12,14,19,21H,11,13,15-16,22H2;1H/t19-,21+;/m1./s1. The van der Waals surface area contributed by atoms with E-state index in [1.807, 2.05) is 29.1 Å². The fourth-order valence-corrected chi connectivity index (χ4v) is 3.83. The van der Waals surface area contributed by atoms with Crippen molar-refractivity contribution < 1.29 is 0 Å². The van der Waals surface area contributed by atoms with E-state index in [1.165, 1.54) is 11.1 Å². The zero-order valence-corrected chi connectivity index (χ0v) is 15.6. The molecule has 0 radical (unpaired) electrons. The van der Waals surface area contributed by atoms with Gasteiger partial charge in [0.15, 0.2) is 0 Å². The van der Waals surface area contributed by atoms with Crippen LogP contribution in [0.1, 0.15) is 17.0 Å². The molecule has 136 valence electrons. The molecule has 1 aliphatic rings. The molecule has 2 N–H and O–H groups in total. The minimum atomic E-state index is 0. The second-order valence-electron chi connectivity index (χ2n) is 6.84. The number of aromatic nitrogens is 2. The van der Waals surface area contributed by atoms with Crippen molar-refractivity contribution in [2.75, 3.05) is 19.6 Å². The predicted molar refractivity (Wildman–Crippen MR) is 108 cm³/mol. The monoisotopic (exact) mass is 368 g/mol. The van der Waals surface area contributed by atoms with E-state index in [1.54, 1.807) is 0 Å². The molecule has 0 aliphatic carbocycles. The fourth-order valence-electron chi connectivity index (χ4n) is 3.83. The second kappa shape index (κ2) is 8.49. The number of likely N-dealkylation sites (tertiary alicyclic amines) is 1. The molecular formula is C21H25ClN4. The molecule has 26 heavy (non-hydrogen) atoms. The van der Waals surface area contributed by atoms with Gasteiger partial charge in [0.05, 0.1) is 11.9 Å². The quantitative estimate of drug-likeness (QED) is 0.750. The Morgan fingerprint density at radius 2 is 1.65 bits per heavy atom. The molecular weight excluding hydrogens is 344 g/mol. The minimum absolute atomic E-state index is 0. The van der Waals surface area contributed by atoms with Gasteiger partial charge in [-0.1, -0.05) is 48.5 Å². The molecule has 2 atom stereocenters. The molecule has 0 bridgehead atoms. The largest absolute Gasteiger partial charge is 0.330 e. The maximum atomic E-state index is 6.05. The van der Waals surface area contributed by atoms with E-state index in [4.69, 9.17) is 5.73 Å². The van der Waals surface area contributed by atoms with E-state index < -0.39 is 0 Å². The van der Waals surface area contributed by atoms with Crippen molar-refractivity contribution in [1.29, 1.82) is 0 Å². The molecule has 2 heterocycles. The third-order valence-electron chi connectivity index (χ3n) is 5.11. The van der Waals surface area contributed by atoms with Crippen molar-refractivity contribution in [3.63, 3.8) is 0 Å². The van der Waals surface area contributed by atoms with Gasteiger partial charge in [-0.3, -0.25) is 4.90 Å². The summed E-state index contributed by atoms with van der Waals surface area (Å²) in [6, 6.07) is 21.0. The van der Waals surface area contributed by atoms with Gasteiger partial charge in [0.2, 0.25) is 0 Å². The maximum Gasteiger partial charge on any atom is 0.0645 e. The van der Waals surface area contributed by atoms with Crippen LogP contribution in [0.3, 0.4) is 0 Å². The number of nitrogens with zero attached hydrogens (tertiary/aromatic N) is 3. The van der Waals surface area contributed by atoms with Gasteiger partial charge in [-0.15, -0.1) is 12.4 Å². The van der Waals surface area contributed by atoms with Crippen LogP contribution in [-0.4, -0.2) is 34.3 Å². The summed E-state index contributed by atoms with van der Waals surface area (Å²) in [6.45, 7) is 3.76. The highest BCUT2D eigenvalue weighted by atomic mass is 35.5. The molecule has 4 rings (SSSR count). The van der Waals surface area contributed by atoms with Crippen molar-refractivity contribution in [2.45, 2.75) is 12.5 Å². The molecule has 1 fully saturated rings. The SMILES string of the molecule is Cl.NC[C@@H]1CN(Cc2cnn(-c3ccccc3)c2)C[C@H]1c1ccccc1. The molecule has 0 saturated carbocycles. The Kier molecular flexibility index (Phi) is 6.09. The summed E-state index contributed by atoms with van der Waals surface area (Å²) in [5.41, 5.74) is 9.80. The average Bonchev–Trinajstić information content (AvgIpc) is 3.30. The number of halogens is 1. The first kappa shape index (κ1) is 18.6. The summed E-state index contributed by atoms with van der Waals surface area (Å²) < 4.78 is 1.94. The number of rotatable bonds is 5. The average molecular weight is 369 g/mol. The zero-order chi connectivity index (χ0) is 17.1. The number of hydrogen-bond acceptors (Lipinski definition) is 3. The van der Waals surface area contributed by atoms with Gasteiger partial charge in [-0.2, -0.15) is 5.10 Å². The van der Waals surface area contributed by atoms with Crippen molar-refractivity contribution in [3.8, 4) is 5.69 Å². The first-order chi connectivity index (χ1) is 12.3. The predicted octanol–water partition coefficient (Wildman–Crippen LogP) is 3.47. The van der Waals surface area contributed by atoms with Crippen LogP contribution in [0.2, 0.25) is 0 Å². The third kappa shape index (κ3) is 3.98. The lowest BCUT2D eigenvalue weighted by molar-refractivity contribution is 0.317. The number of nitrogens with two attached hydrogens (primary N) is 1. The highest BCUT2D eigenvalue weighted by Crippen LogP contribution is 2.32. The van der Waals surface area contributed by atoms with Crippen LogP contribution in [0.4, 0.5) is 0 Å². The Morgan fingerprint density at radius 1 is 0.962 bits per heavy atom. The summed E-state index contributed by atoms with van der Waals surface area (Å²) >= 11 is 0. The third-order valence-corrected chi connectivity index (χ3v) is 5.11. The van der Waals surface area contributed by atoms with Gasteiger partial charge in [0, 0.05) is 37.3 Å². The first-order valence-electron chi connectivity index (χ1n) is 8.90. The highest BCUT2D eigenvalue weighted by molar-refractivity contribution is 5.85. The Balaban J connectivity index is 0.00000196. The van der Waals surface area contributed by atoms with E-state index in [-0.39, 0.29) is 12.4 Å². The van der Waals surface area contributed by atoms with Crippen molar-refractivity contribution in [3.05, 3.63) is 84.2 Å². The summed E-state index contributed by atoms with van der Waals surface area (Å²) in [7, 11) is 0. The van der Waals surface area contributed by atoms with Crippen LogP contribution >= 0.6 is 12.4 Å². The molecule has 0 amide bonds. The van der Waals surface area contributed by atoms with Crippen molar-refractivity contribution in [2.24, 2.45) is 11.7 Å². The van der Waals surface area contributed by atoms with Gasteiger partial charge < -0.3 is 5.73 Å².